The highest BCUT2D eigenvalue weighted by Gasteiger charge is 2.21. The van der Waals surface area contributed by atoms with Crippen LogP contribution in [0.1, 0.15) is 26.2 Å². The summed E-state index contributed by atoms with van der Waals surface area (Å²) < 4.78 is 13.8. The van der Waals surface area contributed by atoms with E-state index in [9.17, 15) is 4.39 Å². The molecule has 2 rings (SSSR count). The van der Waals surface area contributed by atoms with Crippen LogP contribution in [-0.2, 0) is 0 Å². The van der Waals surface area contributed by atoms with Crippen molar-refractivity contribution in [2.75, 3.05) is 17.2 Å². The average molecular weight is 287 g/mol. The molecule has 0 bridgehead atoms. The van der Waals surface area contributed by atoms with Gasteiger partial charge in [0, 0.05) is 18.7 Å². The molecule has 1 unspecified atom stereocenters. The Morgan fingerprint density at radius 3 is 2.88 bits per heavy atom. The second kappa shape index (κ2) is 4.62. The van der Waals surface area contributed by atoms with E-state index in [1.807, 2.05) is 0 Å². The van der Waals surface area contributed by atoms with Crippen LogP contribution < -0.4 is 10.6 Å². The van der Waals surface area contributed by atoms with Gasteiger partial charge >= 0.3 is 0 Å². The number of nitrogen functional groups attached to an aromatic ring is 1. The van der Waals surface area contributed by atoms with Crippen molar-refractivity contribution in [3.63, 3.8) is 0 Å². The van der Waals surface area contributed by atoms with E-state index in [0.717, 1.165) is 12.2 Å². The molecule has 1 heterocycles. The maximum atomic E-state index is 13.3. The smallest absolute Gasteiger partial charge is 0.139 e. The lowest BCUT2D eigenvalue weighted by Gasteiger charge is -2.36. The molecule has 0 radical (unpaired) electrons. The molecule has 2 nitrogen and oxygen atoms in total. The SMILES string of the molecule is CC1CCCCN1c1cc(Br)c(F)cc1N. The van der Waals surface area contributed by atoms with Crippen molar-refractivity contribution >= 4 is 27.3 Å². The highest BCUT2D eigenvalue weighted by atomic mass is 79.9. The van der Waals surface area contributed by atoms with Gasteiger partial charge in [-0.2, -0.15) is 0 Å². The minimum atomic E-state index is -0.300. The first-order valence-corrected chi connectivity index (χ1v) is 6.40. The molecular formula is C12H16BrFN2. The van der Waals surface area contributed by atoms with Crippen molar-refractivity contribution in [2.24, 2.45) is 0 Å². The number of benzene rings is 1. The second-order valence-electron chi connectivity index (χ2n) is 4.36. The molecule has 1 aromatic carbocycles. The van der Waals surface area contributed by atoms with Crippen LogP contribution in [0.2, 0.25) is 0 Å². The molecule has 4 heteroatoms. The predicted octanol–water partition coefficient (Wildman–Crippen LogP) is 3.55. The lowest BCUT2D eigenvalue weighted by Crippen LogP contribution is -2.37. The van der Waals surface area contributed by atoms with E-state index in [0.29, 0.717) is 16.2 Å². The number of hydrogen-bond acceptors (Lipinski definition) is 2. The van der Waals surface area contributed by atoms with Gasteiger partial charge in [-0.3, -0.25) is 0 Å². The van der Waals surface area contributed by atoms with E-state index in [2.05, 4.69) is 27.8 Å². The van der Waals surface area contributed by atoms with Crippen LogP contribution in [0.4, 0.5) is 15.8 Å². The monoisotopic (exact) mass is 286 g/mol. The lowest BCUT2D eigenvalue weighted by molar-refractivity contribution is 0.485. The number of anilines is 2. The largest absolute Gasteiger partial charge is 0.397 e. The van der Waals surface area contributed by atoms with Crippen LogP contribution in [-0.4, -0.2) is 12.6 Å². The predicted molar refractivity (Wildman–Crippen MR) is 69.2 cm³/mol. The molecule has 1 fully saturated rings. The van der Waals surface area contributed by atoms with Crippen molar-refractivity contribution in [3.05, 3.63) is 22.4 Å². The number of nitrogens with two attached hydrogens (primary N) is 1. The topological polar surface area (TPSA) is 29.3 Å². The van der Waals surface area contributed by atoms with Gasteiger partial charge in [-0.15, -0.1) is 0 Å². The fraction of sp³-hybridized carbons (Fsp3) is 0.500. The van der Waals surface area contributed by atoms with E-state index in [-0.39, 0.29) is 5.82 Å². The first-order valence-electron chi connectivity index (χ1n) is 5.60. The van der Waals surface area contributed by atoms with Crippen LogP contribution in [0, 0.1) is 5.82 Å². The van der Waals surface area contributed by atoms with E-state index in [1.54, 1.807) is 6.07 Å². The van der Waals surface area contributed by atoms with Crippen LogP contribution in [0.3, 0.4) is 0 Å². The summed E-state index contributed by atoms with van der Waals surface area (Å²) in [6, 6.07) is 3.65. The zero-order valence-corrected chi connectivity index (χ0v) is 10.9. The summed E-state index contributed by atoms with van der Waals surface area (Å²) in [7, 11) is 0. The molecule has 1 atom stereocenters. The van der Waals surface area contributed by atoms with E-state index in [4.69, 9.17) is 5.73 Å². The van der Waals surface area contributed by atoms with Gasteiger partial charge in [-0.25, -0.2) is 4.39 Å². The third kappa shape index (κ3) is 2.17. The summed E-state index contributed by atoms with van der Waals surface area (Å²) in [6.07, 6.45) is 3.62. The Hall–Kier alpha value is -0.770. The summed E-state index contributed by atoms with van der Waals surface area (Å²) >= 11 is 3.21. The Morgan fingerprint density at radius 2 is 2.19 bits per heavy atom. The standard InChI is InChI=1S/C12H16BrFN2/c1-8-4-2-3-5-16(8)12-6-9(13)10(14)7-11(12)15/h6-8H,2-5,15H2,1H3. The molecule has 1 aliphatic rings. The summed E-state index contributed by atoms with van der Waals surface area (Å²) in [5.74, 6) is -0.300. The van der Waals surface area contributed by atoms with Gasteiger partial charge in [0.25, 0.3) is 0 Å². The molecule has 0 amide bonds. The average Bonchev–Trinajstić information content (AvgIpc) is 2.25. The van der Waals surface area contributed by atoms with Crippen molar-refractivity contribution < 1.29 is 4.39 Å². The first kappa shape index (κ1) is 11.7. The van der Waals surface area contributed by atoms with Gasteiger partial charge in [-0.05, 0) is 48.2 Å². The van der Waals surface area contributed by atoms with Crippen LogP contribution >= 0.6 is 15.9 Å². The Kier molecular flexibility index (Phi) is 3.38. The Morgan fingerprint density at radius 1 is 1.44 bits per heavy atom. The minimum Gasteiger partial charge on any atom is -0.397 e. The van der Waals surface area contributed by atoms with Crippen molar-refractivity contribution in [1.82, 2.24) is 0 Å². The molecule has 0 spiro atoms. The number of halogens is 2. The Bertz CT molecular complexity index is 395. The fourth-order valence-corrected chi connectivity index (χ4v) is 2.59. The van der Waals surface area contributed by atoms with Gasteiger partial charge in [0.1, 0.15) is 5.82 Å². The zero-order chi connectivity index (χ0) is 11.7. The maximum Gasteiger partial charge on any atom is 0.139 e. The van der Waals surface area contributed by atoms with Crippen LogP contribution in [0.5, 0.6) is 0 Å². The summed E-state index contributed by atoms with van der Waals surface area (Å²) in [5, 5.41) is 0. The second-order valence-corrected chi connectivity index (χ2v) is 5.22. The highest BCUT2D eigenvalue weighted by molar-refractivity contribution is 9.10. The van der Waals surface area contributed by atoms with Crippen LogP contribution in [0.15, 0.2) is 16.6 Å². The summed E-state index contributed by atoms with van der Waals surface area (Å²) in [5.41, 5.74) is 7.35. The normalized spacial score (nSPS) is 21.2. The Balaban J connectivity index is 2.35. The number of nitrogens with zero attached hydrogens (tertiary/aromatic N) is 1. The number of hydrogen-bond donors (Lipinski definition) is 1. The number of rotatable bonds is 1. The molecule has 16 heavy (non-hydrogen) atoms. The molecule has 1 saturated heterocycles. The zero-order valence-electron chi connectivity index (χ0n) is 9.34. The number of piperidine rings is 1. The van der Waals surface area contributed by atoms with Gasteiger partial charge in [0.05, 0.1) is 15.8 Å². The third-order valence-electron chi connectivity index (χ3n) is 3.18. The van der Waals surface area contributed by atoms with Crippen molar-refractivity contribution in [1.29, 1.82) is 0 Å². The molecule has 2 N–H and O–H groups in total. The van der Waals surface area contributed by atoms with E-state index >= 15 is 0 Å². The van der Waals surface area contributed by atoms with E-state index in [1.165, 1.54) is 25.3 Å². The lowest BCUT2D eigenvalue weighted by atomic mass is 10.0. The summed E-state index contributed by atoms with van der Waals surface area (Å²) in [6.45, 7) is 3.19. The van der Waals surface area contributed by atoms with Crippen LogP contribution in [0.25, 0.3) is 0 Å². The fourth-order valence-electron chi connectivity index (χ4n) is 2.26. The van der Waals surface area contributed by atoms with E-state index < -0.39 is 0 Å². The summed E-state index contributed by atoms with van der Waals surface area (Å²) in [4.78, 5) is 2.27. The molecule has 1 aromatic rings. The maximum absolute atomic E-state index is 13.3. The first-order chi connectivity index (χ1) is 7.59. The van der Waals surface area contributed by atoms with Gasteiger partial charge in [0.2, 0.25) is 0 Å². The van der Waals surface area contributed by atoms with Crippen molar-refractivity contribution in [3.8, 4) is 0 Å². The van der Waals surface area contributed by atoms with Crippen molar-refractivity contribution in [2.45, 2.75) is 32.2 Å². The quantitative estimate of drug-likeness (QED) is 0.800. The molecule has 1 aliphatic heterocycles. The minimum absolute atomic E-state index is 0.300. The molecule has 0 saturated carbocycles. The molecule has 0 aliphatic carbocycles. The Labute approximate surface area is 104 Å². The highest BCUT2D eigenvalue weighted by Crippen LogP contribution is 2.33. The van der Waals surface area contributed by atoms with Gasteiger partial charge < -0.3 is 10.6 Å². The molecule has 0 aromatic heterocycles. The third-order valence-corrected chi connectivity index (χ3v) is 3.79. The van der Waals surface area contributed by atoms with Gasteiger partial charge in [0.15, 0.2) is 0 Å². The molecule has 88 valence electrons. The van der Waals surface area contributed by atoms with Gasteiger partial charge in [-0.1, -0.05) is 0 Å². The molecular weight excluding hydrogens is 271 g/mol.